The SMILES string of the molecule is NC(=O)c1ccc(-c2nc(-c3ccc4c(c3)OCO4)c(-c3ccccn3)[nH]2)cc1.Nc1ccn([C@@H]2O[C@H](CO)[C@@H](O)C2(F)F)c(=O)n1. The first kappa shape index (κ1) is 31.3. The molecule has 0 saturated carbocycles. The molecule has 7 rings (SSSR count). The molecule has 0 bridgehead atoms. The van der Waals surface area contributed by atoms with E-state index in [4.69, 9.17) is 35.8 Å². The summed E-state index contributed by atoms with van der Waals surface area (Å²) < 4.78 is 43.6. The number of alkyl halides is 2. The average molecular weight is 648 g/mol. The third-order valence-electron chi connectivity index (χ3n) is 7.38. The van der Waals surface area contributed by atoms with Gasteiger partial charge in [-0.05, 0) is 48.5 Å². The number of pyridine rings is 1. The molecule has 1 amide bonds. The van der Waals surface area contributed by atoms with Crippen molar-refractivity contribution in [3.8, 4) is 45.5 Å². The summed E-state index contributed by atoms with van der Waals surface area (Å²) in [6.45, 7) is -0.575. The number of aliphatic hydroxyl groups is 2. The van der Waals surface area contributed by atoms with Crippen molar-refractivity contribution in [2.24, 2.45) is 5.73 Å². The Balaban J connectivity index is 0.000000185. The Morgan fingerprint density at radius 3 is 2.45 bits per heavy atom. The van der Waals surface area contributed by atoms with E-state index in [-0.39, 0.29) is 12.6 Å². The van der Waals surface area contributed by atoms with Crippen LogP contribution in [0.1, 0.15) is 16.6 Å². The van der Waals surface area contributed by atoms with Crippen LogP contribution in [0.15, 0.2) is 83.9 Å². The van der Waals surface area contributed by atoms with Gasteiger partial charge in [0.1, 0.15) is 17.7 Å². The van der Waals surface area contributed by atoms with Crippen molar-refractivity contribution in [1.82, 2.24) is 24.5 Å². The highest BCUT2D eigenvalue weighted by molar-refractivity contribution is 5.93. The molecule has 2 aliphatic heterocycles. The molecule has 0 radical (unpaired) electrons. The minimum atomic E-state index is -3.71. The molecule has 1 fully saturated rings. The van der Waals surface area contributed by atoms with Crippen LogP contribution in [0.2, 0.25) is 0 Å². The maximum atomic E-state index is 13.7. The van der Waals surface area contributed by atoms with Gasteiger partial charge in [-0.2, -0.15) is 13.8 Å². The fraction of sp³-hybridized carbons (Fsp3) is 0.194. The molecule has 2 aliphatic rings. The lowest BCUT2D eigenvalue weighted by Gasteiger charge is -2.20. The van der Waals surface area contributed by atoms with E-state index in [1.54, 1.807) is 18.3 Å². The number of aromatic nitrogens is 5. The number of hydrogen-bond acceptors (Lipinski definition) is 11. The lowest BCUT2D eigenvalue weighted by Crippen LogP contribution is -2.41. The number of amides is 1. The number of ether oxygens (including phenoxy) is 3. The molecule has 2 aromatic carbocycles. The highest BCUT2D eigenvalue weighted by Gasteiger charge is 2.59. The monoisotopic (exact) mass is 647 g/mol. The van der Waals surface area contributed by atoms with Crippen LogP contribution in [0, 0.1) is 0 Å². The van der Waals surface area contributed by atoms with Gasteiger partial charge in [-0.25, -0.2) is 9.78 Å². The van der Waals surface area contributed by atoms with Crippen LogP contribution >= 0.6 is 0 Å². The second-order valence-corrected chi connectivity index (χ2v) is 10.4. The summed E-state index contributed by atoms with van der Waals surface area (Å²) in [6.07, 6.45) is -2.95. The van der Waals surface area contributed by atoms with Gasteiger partial charge in [-0.15, -0.1) is 0 Å². The normalized spacial score (nSPS) is 19.2. The molecule has 14 nitrogen and oxygen atoms in total. The molecular weight excluding hydrogens is 620 g/mol. The van der Waals surface area contributed by atoms with Crippen molar-refractivity contribution >= 4 is 11.7 Å². The van der Waals surface area contributed by atoms with Crippen LogP contribution < -0.4 is 26.6 Å². The fourth-order valence-electron chi connectivity index (χ4n) is 4.97. The summed E-state index contributed by atoms with van der Waals surface area (Å²) >= 11 is 0. The quantitative estimate of drug-likeness (QED) is 0.180. The fourth-order valence-corrected chi connectivity index (χ4v) is 4.97. The van der Waals surface area contributed by atoms with Gasteiger partial charge in [-0.1, -0.05) is 18.2 Å². The summed E-state index contributed by atoms with van der Waals surface area (Å²) in [5, 5.41) is 18.1. The standard InChI is InChI=1S/C22H16N4O3.C9H11F2N3O4/c23-21(27)13-4-6-14(7-5-13)22-25-19(20(26-22)16-3-1-2-10-24-16)15-8-9-17-18(11-15)29-12-28-17;10-9(11)6(16)4(3-15)18-7(9)14-2-1-5(12)13-8(14)17/h1-11H,12H2,(H2,23,27)(H,25,26);1-2,4,6-7,15-16H,3H2,(H2,12,13,17)/t;4-,6-,7-/m.1/s1. The van der Waals surface area contributed by atoms with Crippen molar-refractivity contribution in [3.05, 3.63) is 95.2 Å². The molecule has 47 heavy (non-hydrogen) atoms. The molecule has 7 N–H and O–H groups in total. The van der Waals surface area contributed by atoms with E-state index in [2.05, 4.69) is 15.0 Å². The van der Waals surface area contributed by atoms with Crippen molar-refractivity contribution in [3.63, 3.8) is 0 Å². The van der Waals surface area contributed by atoms with Crippen LogP contribution in [0.25, 0.3) is 34.0 Å². The number of carbonyl (C=O) groups is 1. The molecule has 0 spiro atoms. The average Bonchev–Trinajstić information content (AvgIpc) is 3.78. The van der Waals surface area contributed by atoms with E-state index in [0.717, 1.165) is 40.5 Å². The van der Waals surface area contributed by atoms with Crippen molar-refractivity contribution in [2.45, 2.75) is 24.4 Å². The molecule has 1 saturated heterocycles. The number of benzene rings is 2. The topological polar surface area (TPSA) is 214 Å². The lowest BCUT2D eigenvalue weighted by molar-refractivity contribution is -0.140. The maximum Gasteiger partial charge on any atom is 0.351 e. The maximum absolute atomic E-state index is 13.7. The molecule has 5 heterocycles. The Kier molecular flexibility index (Phi) is 8.38. The number of primary amides is 1. The van der Waals surface area contributed by atoms with E-state index in [1.807, 2.05) is 48.5 Å². The van der Waals surface area contributed by atoms with Crippen LogP contribution in [-0.2, 0) is 4.74 Å². The number of nitrogens with two attached hydrogens (primary N) is 2. The second-order valence-electron chi connectivity index (χ2n) is 10.4. The summed E-state index contributed by atoms with van der Waals surface area (Å²) in [6, 6.07) is 19.6. The number of nitrogens with one attached hydrogen (secondary N) is 1. The van der Waals surface area contributed by atoms with Gasteiger partial charge in [0.05, 0.1) is 23.7 Å². The third-order valence-corrected chi connectivity index (χ3v) is 7.38. The summed E-state index contributed by atoms with van der Waals surface area (Å²) in [5.41, 5.74) is 14.0. The van der Waals surface area contributed by atoms with E-state index in [1.165, 1.54) is 0 Å². The van der Waals surface area contributed by atoms with E-state index < -0.39 is 42.6 Å². The Morgan fingerprint density at radius 2 is 1.79 bits per heavy atom. The first-order chi connectivity index (χ1) is 22.6. The Morgan fingerprint density at radius 1 is 1.04 bits per heavy atom. The Labute approximate surface area is 264 Å². The Bertz CT molecular complexity index is 1970. The third kappa shape index (κ3) is 6.11. The predicted octanol–water partition coefficient (Wildman–Crippen LogP) is 2.34. The van der Waals surface area contributed by atoms with Gasteiger partial charge < -0.3 is 40.9 Å². The van der Waals surface area contributed by atoms with Gasteiger partial charge in [0.25, 0.3) is 0 Å². The number of nitrogen functional groups attached to an aromatic ring is 1. The number of rotatable bonds is 6. The summed E-state index contributed by atoms with van der Waals surface area (Å²) in [5.74, 6) is -2.23. The smallest absolute Gasteiger partial charge is 0.351 e. The zero-order chi connectivity index (χ0) is 33.3. The lowest BCUT2D eigenvalue weighted by atomic mass is 10.1. The zero-order valence-corrected chi connectivity index (χ0v) is 24.3. The molecule has 242 valence electrons. The van der Waals surface area contributed by atoms with E-state index >= 15 is 0 Å². The van der Waals surface area contributed by atoms with E-state index in [9.17, 15) is 23.5 Å². The summed E-state index contributed by atoms with van der Waals surface area (Å²) in [7, 11) is 0. The number of halogens is 2. The predicted molar refractivity (Wildman–Crippen MR) is 162 cm³/mol. The second kappa shape index (κ2) is 12.6. The van der Waals surface area contributed by atoms with Gasteiger partial charge in [0.15, 0.2) is 17.6 Å². The number of hydrogen-bond donors (Lipinski definition) is 5. The van der Waals surface area contributed by atoms with Crippen molar-refractivity contribution in [1.29, 1.82) is 0 Å². The van der Waals surface area contributed by atoms with Crippen molar-refractivity contribution in [2.75, 3.05) is 19.1 Å². The number of fused-ring (bicyclic) bond motifs is 1. The van der Waals surface area contributed by atoms with Gasteiger partial charge >= 0.3 is 11.6 Å². The Hall–Kier alpha value is -5.71. The van der Waals surface area contributed by atoms with E-state index in [0.29, 0.717) is 27.5 Å². The molecular formula is C31H27F2N7O7. The molecule has 3 aromatic heterocycles. The highest BCUT2D eigenvalue weighted by Crippen LogP contribution is 2.42. The van der Waals surface area contributed by atoms with Crippen LogP contribution in [0.5, 0.6) is 11.5 Å². The highest BCUT2D eigenvalue weighted by atomic mass is 19.3. The molecule has 16 heteroatoms. The van der Waals surface area contributed by atoms with Gasteiger partial charge in [0, 0.05) is 29.1 Å². The number of carbonyl (C=O) groups excluding carboxylic acids is 1. The molecule has 0 aliphatic carbocycles. The molecule has 3 atom stereocenters. The van der Waals surface area contributed by atoms with Gasteiger partial charge in [0.2, 0.25) is 18.9 Å². The number of anilines is 1. The largest absolute Gasteiger partial charge is 0.454 e. The first-order valence-corrected chi connectivity index (χ1v) is 14.1. The molecule has 0 unspecified atom stereocenters. The number of imidazole rings is 1. The minimum absolute atomic E-state index is 0.114. The van der Waals surface area contributed by atoms with Crippen LogP contribution in [0.4, 0.5) is 14.6 Å². The van der Waals surface area contributed by atoms with Crippen molar-refractivity contribution < 1.29 is 38.0 Å². The number of aromatic amines is 1. The van der Waals surface area contributed by atoms with Crippen LogP contribution in [-0.4, -0.2) is 72.2 Å². The first-order valence-electron chi connectivity index (χ1n) is 14.1. The molecule has 5 aromatic rings. The zero-order valence-electron chi connectivity index (χ0n) is 24.3. The number of aliphatic hydroxyl groups excluding tert-OH is 2. The van der Waals surface area contributed by atoms with Crippen LogP contribution in [0.3, 0.4) is 0 Å². The minimum Gasteiger partial charge on any atom is -0.454 e. The number of H-pyrrole nitrogens is 1. The van der Waals surface area contributed by atoms with Gasteiger partial charge in [-0.3, -0.25) is 14.3 Å². The summed E-state index contributed by atoms with van der Waals surface area (Å²) in [4.78, 5) is 38.7. The number of nitrogens with zero attached hydrogens (tertiary/aromatic N) is 4.